The van der Waals surface area contributed by atoms with Gasteiger partial charge in [-0.25, -0.2) is 0 Å². The molecule has 1 unspecified atom stereocenters. The Labute approximate surface area is 68.9 Å². The molecule has 1 heterocycles. The van der Waals surface area contributed by atoms with Crippen LogP contribution >= 0.6 is 0 Å². The third-order valence-corrected chi connectivity index (χ3v) is 3.08. The largest absolute Gasteiger partial charge is 0.294 e. The minimum Gasteiger partial charge on any atom is -0.294 e. The Morgan fingerprint density at radius 1 is 1.00 bits per heavy atom. The maximum Gasteiger partial charge on any atom is 0.0527 e. The van der Waals surface area contributed by atoms with Crippen molar-refractivity contribution in [2.45, 2.75) is 51.0 Å². The van der Waals surface area contributed by atoms with E-state index < -0.39 is 0 Å². The van der Waals surface area contributed by atoms with Crippen LogP contribution < -0.4 is 0 Å². The summed E-state index contributed by atoms with van der Waals surface area (Å²) in [5, 5.41) is 0. The molecule has 0 saturated heterocycles. The number of nitrogens with zero attached hydrogens (tertiary/aromatic N) is 1. The summed E-state index contributed by atoms with van der Waals surface area (Å²) in [6.45, 7) is 0. The predicted molar refractivity (Wildman–Crippen MR) is 48.1 cm³/mol. The van der Waals surface area contributed by atoms with Crippen molar-refractivity contribution in [2.24, 2.45) is 10.9 Å². The van der Waals surface area contributed by atoms with E-state index in [0.29, 0.717) is 0 Å². The van der Waals surface area contributed by atoms with Crippen LogP contribution in [0.15, 0.2) is 4.99 Å². The van der Waals surface area contributed by atoms with Crippen LogP contribution in [0, 0.1) is 5.92 Å². The van der Waals surface area contributed by atoms with Crippen molar-refractivity contribution in [3.63, 3.8) is 0 Å². The second-order valence-electron chi connectivity index (χ2n) is 3.87. The number of rotatable bonds is 1. The lowest BCUT2D eigenvalue weighted by atomic mass is 9.83. The van der Waals surface area contributed by atoms with Gasteiger partial charge in [-0.1, -0.05) is 19.3 Å². The van der Waals surface area contributed by atoms with Gasteiger partial charge in [-0.2, -0.15) is 0 Å². The molecule has 1 heteroatoms. The molecule has 1 saturated carbocycles. The lowest BCUT2D eigenvalue weighted by Crippen LogP contribution is -2.18. The molecule has 0 aromatic rings. The lowest BCUT2D eigenvalue weighted by molar-refractivity contribution is 0.305. The smallest absolute Gasteiger partial charge is 0.0527 e. The van der Waals surface area contributed by atoms with Gasteiger partial charge in [0.05, 0.1) is 6.04 Å². The summed E-state index contributed by atoms with van der Waals surface area (Å²) in [5.41, 5.74) is 0. The Hall–Kier alpha value is -0.330. The molecule has 0 bridgehead atoms. The third-order valence-electron chi connectivity index (χ3n) is 3.08. The molecular weight excluding hydrogens is 134 g/mol. The summed E-state index contributed by atoms with van der Waals surface area (Å²) in [6.07, 6.45) is 12.0. The first-order chi connectivity index (χ1) is 5.47. The molecule has 1 aliphatic heterocycles. The van der Waals surface area contributed by atoms with Gasteiger partial charge in [0.15, 0.2) is 0 Å². The van der Waals surface area contributed by atoms with Crippen LogP contribution in [-0.2, 0) is 0 Å². The molecule has 11 heavy (non-hydrogen) atoms. The molecule has 0 aromatic heterocycles. The lowest BCUT2D eigenvalue weighted by Gasteiger charge is -2.25. The van der Waals surface area contributed by atoms with Crippen LogP contribution in [0.5, 0.6) is 0 Å². The van der Waals surface area contributed by atoms with Crippen molar-refractivity contribution in [3.8, 4) is 0 Å². The van der Waals surface area contributed by atoms with Gasteiger partial charge in [-0.3, -0.25) is 4.99 Å². The first kappa shape index (κ1) is 7.33. The molecule has 1 aliphatic carbocycles. The fourth-order valence-corrected chi connectivity index (χ4v) is 2.41. The summed E-state index contributed by atoms with van der Waals surface area (Å²) >= 11 is 0. The van der Waals surface area contributed by atoms with Crippen molar-refractivity contribution in [3.05, 3.63) is 0 Å². The third kappa shape index (κ3) is 1.63. The van der Waals surface area contributed by atoms with Crippen LogP contribution in [0.2, 0.25) is 0 Å². The van der Waals surface area contributed by atoms with Crippen molar-refractivity contribution in [2.75, 3.05) is 0 Å². The van der Waals surface area contributed by atoms with E-state index >= 15 is 0 Å². The summed E-state index contributed by atoms with van der Waals surface area (Å²) in [5.74, 6) is 0.947. The first-order valence-electron chi connectivity index (χ1n) is 4.98. The predicted octanol–water partition coefficient (Wildman–Crippen LogP) is 2.80. The Balaban J connectivity index is 1.87. The topological polar surface area (TPSA) is 12.4 Å². The number of hydrogen-bond acceptors (Lipinski definition) is 1. The number of hydrogen-bond donors (Lipinski definition) is 0. The van der Waals surface area contributed by atoms with Gasteiger partial charge in [0.1, 0.15) is 0 Å². The quantitative estimate of drug-likeness (QED) is 0.546. The van der Waals surface area contributed by atoms with Gasteiger partial charge in [-0.05, 0) is 37.8 Å². The van der Waals surface area contributed by atoms with Crippen LogP contribution in [0.3, 0.4) is 0 Å². The highest BCUT2D eigenvalue weighted by atomic mass is 14.8. The molecule has 62 valence electrons. The maximum absolute atomic E-state index is 4.53. The SMILES string of the molecule is C1=NC(C2CCCCC2)CC1. The van der Waals surface area contributed by atoms with Gasteiger partial charge >= 0.3 is 0 Å². The van der Waals surface area contributed by atoms with Crippen molar-refractivity contribution >= 4 is 6.21 Å². The van der Waals surface area contributed by atoms with Gasteiger partial charge in [-0.15, -0.1) is 0 Å². The zero-order valence-corrected chi connectivity index (χ0v) is 7.13. The zero-order chi connectivity index (χ0) is 7.52. The normalized spacial score (nSPS) is 32.9. The monoisotopic (exact) mass is 151 g/mol. The van der Waals surface area contributed by atoms with E-state index in [1.165, 1.54) is 44.9 Å². The average molecular weight is 151 g/mol. The molecule has 1 nitrogen and oxygen atoms in total. The van der Waals surface area contributed by atoms with Crippen molar-refractivity contribution in [1.29, 1.82) is 0 Å². The van der Waals surface area contributed by atoms with Crippen LogP contribution in [0.1, 0.15) is 44.9 Å². The highest BCUT2D eigenvalue weighted by Gasteiger charge is 2.23. The van der Waals surface area contributed by atoms with Gasteiger partial charge in [0, 0.05) is 0 Å². The van der Waals surface area contributed by atoms with E-state index in [1.54, 1.807) is 0 Å². The minimum atomic E-state index is 0.718. The molecule has 1 fully saturated rings. The van der Waals surface area contributed by atoms with Gasteiger partial charge in [0.2, 0.25) is 0 Å². The summed E-state index contributed by atoms with van der Waals surface area (Å²) in [4.78, 5) is 4.53. The summed E-state index contributed by atoms with van der Waals surface area (Å²) in [7, 11) is 0. The second-order valence-corrected chi connectivity index (χ2v) is 3.87. The Morgan fingerprint density at radius 3 is 2.45 bits per heavy atom. The van der Waals surface area contributed by atoms with E-state index in [9.17, 15) is 0 Å². The van der Waals surface area contributed by atoms with Crippen molar-refractivity contribution in [1.82, 2.24) is 0 Å². The first-order valence-corrected chi connectivity index (χ1v) is 4.98. The van der Waals surface area contributed by atoms with E-state index in [-0.39, 0.29) is 0 Å². The van der Waals surface area contributed by atoms with E-state index in [4.69, 9.17) is 0 Å². The molecule has 1 atom stereocenters. The zero-order valence-electron chi connectivity index (χ0n) is 7.13. The highest BCUT2D eigenvalue weighted by molar-refractivity contribution is 5.59. The average Bonchev–Trinajstić information content (AvgIpc) is 2.58. The van der Waals surface area contributed by atoms with Crippen molar-refractivity contribution < 1.29 is 0 Å². The molecule has 2 aliphatic rings. The fourth-order valence-electron chi connectivity index (χ4n) is 2.41. The molecule has 0 N–H and O–H groups in total. The van der Waals surface area contributed by atoms with E-state index in [1.807, 2.05) is 0 Å². The maximum atomic E-state index is 4.53. The Kier molecular flexibility index (Phi) is 2.25. The standard InChI is InChI=1S/C10H17N/c1-2-5-9(6-3-1)10-7-4-8-11-10/h8-10H,1-7H2. The molecule has 0 spiro atoms. The van der Waals surface area contributed by atoms with E-state index in [0.717, 1.165) is 12.0 Å². The Morgan fingerprint density at radius 2 is 1.82 bits per heavy atom. The minimum absolute atomic E-state index is 0.718. The molecule has 0 aromatic carbocycles. The molecule has 0 amide bonds. The molecule has 2 rings (SSSR count). The summed E-state index contributed by atoms with van der Waals surface area (Å²) in [6, 6.07) is 0.718. The second kappa shape index (κ2) is 3.38. The number of aliphatic imine (C=N–C) groups is 1. The van der Waals surface area contributed by atoms with Crippen LogP contribution in [-0.4, -0.2) is 12.3 Å². The molecule has 0 radical (unpaired) electrons. The fraction of sp³-hybridized carbons (Fsp3) is 0.900. The van der Waals surface area contributed by atoms with Gasteiger partial charge < -0.3 is 0 Å². The van der Waals surface area contributed by atoms with Gasteiger partial charge in [0.25, 0.3) is 0 Å². The van der Waals surface area contributed by atoms with Crippen LogP contribution in [0.4, 0.5) is 0 Å². The Bertz CT molecular complexity index is 145. The van der Waals surface area contributed by atoms with E-state index in [2.05, 4.69) is 11.2 Å². The summed E-state index contributed by atoms with van der Waals surface area (Å²) < 4.78 is 0. The van der Waals surface area contributed by atoms with Crippen LogP contribution in [0.25, 0.3) is 0 Å². The highest BCUT2D eigenvalue weighted by Crippen LogP contribution is 2.31. The molecular formula is C10H17N.